The minimum Gasteiger partial charge on any atom is -0.462 e. The average Bonchev–Trinajstić information content (AvgIpc) is 3.13. The summed E-state index contributed by atoms with van der Waals surface area (Å²) in [7, 11) is 0. The molecule has 4 nitrogen and oxygen atoms in total. The van der Waals surface area contributed by atoms with Crippen LogP contribution in [0, 0.1) is 0 Å². The fourth-order valence-electron chi connectivity index (χ4n) is 3.22. The van der Waals surface area contributed by atoms with Crippen LogP contribution in [-0.2, 0) is 9.53 Å². The topological polar surface area (TPSA) is 52.1 Å². The number of rotatable bonds is 5. The molecule has 0 amide bonds. The maximum absolute atomic E-state index is 12.2. The van der Waals surface area contributed by atoms with Crippen LogP contribution in [0.2, 0.25) is 0 Å². The van der Waals surface area contributed by atoms with E-state index in [1.807, 2.05) is 18.2 Å². The van der Waals surface area contributed by atoms with Crippen molar-refractivity contribution >= 4 is 39.3 Å². The van der Waals surface area contributed by atoms with Crippen LogP contribution in [0.15, 0.2) is 47.8 Å². The molecule has 1 fully saturated rings. The zero-order valence-corrected chi connectivity index (χ0v) is 16.0. The second kappa shape index (κ2) is 8.18. The standard InChI is InChI=1S/C20H20N2O2S2/c23-18(24-15-9-5-2-6-10-15)12-25-19-16-11-17(14-7-3-1-4-8-14)26-20(16)22-13-21-19/h1,3-4,7-8,11,13,15H,2,5-6,9-10,12H2. The quantitative estimate of drug-likeness (QED) is 0.338. The summed E-state index contributed by atoms with van der Waals surface area (Å²) in [4.78, 5) is 23.0. The Morgan fingerprint density at radius 1 is 1.15 bits per heavy atom. The zero-order chi connectivity index (χ0) is 17.8. The molecule has 2 aromatic heterocycles. The van der Waals surface area contributed by atoms with Gasteiger partial charge >= 0.3 is 5.97 Å². The lowest BCUT2D eigenvalue weighted by atomic mass is 9.98. The molecule has 2 heterocycles. The summed E-state index contributed by atoms with van der Waals surface area (Å²) in [6.07, 6.45) is 7.25. The van der Waals surface area contributed by atoms with Crippen LogP contribution in [0.5, 0.6) is 0 Å². The van der Waals surface area contributed by atoms with Gasteiger partial charge in [-0.3, -0.25) is 4.79 Å². The molecule has 0 spiro atoms. The number of aromatic nitrogens is 2. The van der Waals surface area contributed by atoms with Crippen molar-refractivity contribution in [2.45, 2.75) is 43.2 Å². The van der Waals surface area contributed by atoms with Crippen molar-refractivity contribution < 1.29 is 9.53 Å². The first-order valence-electron chi connectivity index (χ1n) is 8.92. The van der Waals surface area contributed by atoms with Crippen molar-refractivity contribution in [1.82, 2.24) is 9.97 Å². The fraction of sp³-hybridized carbons (Fsp3) is 0.350. The van der Waals surface area contributed by atoms with E-state index in [2.05, 4.69) is 28.2 Å². The number of carbonyl (C=O) groups excluding carboxylic acids is 1. The van der Waals surface area contributed by atoms with E-state index in [9.17, 15) is 4.79 Å². The highest BCUT2D eigenvalue weighted by Gasteiger charge is 2.18. The molecule has 0 saturated heterocycles. The number of thiophene rings is 1. The summed E-state index contributed by atoms with van der Waals surface area (Å²) in [6.45, 7) is 0. The van der Waals surface area contributed by atoms with Gasteiger partial charge in [0.05, 0.1) is 5.75 Å². The van der Waals surface area contributed by atoms with Gasteiger partial charge in [0.2, 0.25) is 0 Å². The number of esters is 1. The van der Waals surface area contributed by atoms with Crippen LogP contribution in [0.4, 0.5) is 0 Å². The number of benzene rings is 1. The van der Waals surface area contributed by atoms with Crippen LogP contribution in [0.3, 0.4) is 0 Å². The Morgan fingerprint density at radius 3 is 2.77 bits per heavy atom. The first kappa shape index (κ1) is 17.5. The summed E-state index contributed by atoms with van der Waals surface area (Å²) >= 11 is 3.08. The maximum Gasteiger partial charge on any atom is 0.316 e. The first-order valence-corrected chi connectivity index (χ1v) is 10.7. The molecule has 26 heavy (non-hydrogen) atoms. The molecule has 6 heteroatoms. The SMILES string of the molecule is O=C(CSc1ncnc2sc(-c3ccccc3)cc12)OC1CCCCC1. The van der Waals surface area contributed by atoms with Gasteiger partial charge in [-0.25, -0.2) is 9.97 Å². The van der Waals surface area contributed by atoms with Crippen molar-refractivity contribution in [2.24, 2.45) is 0 Å². The van der Waals surface area contributed by atoms with Crippen LogP contribution in [0.1, 0.15) is 32.1 Å². The van der Waals surface area contributed by atoms with E-state index in [4.69, 9.17) is 4.74 Å². The Hall–Kier alpha value is -1.92. The number of nitrogens with zero attached hydrogens (tertiary/aromatic N) is 2. The molecule has 1 aliphatic carbocycles. The molecule has 3 aromatic rings. The van der Waals surface area contributed by atoms with Crippen LogP contribution in [-0.4, -0.2) is 27.8 Å². The van der Waals surface area contributed by atoms with Crippen molar-refractivity contribution in [3.8, 4) is 10.4 Å². The Balaban J connectivity index is 1.46. The van der Waals surface area contributed by atoms with E-state index in [0.29, 0.717) is 5.75 Å². The van der Waals surface area contributed by atoms with Crippen LogP contribution >= 0.6 is 23.1 Å². The summed E-state index contributed by atoms with van der Waals surface area (Å²) < 4.78 is 5.60. The lowest BCUT2D eigenvalue weighted by Crippen LogP contribution is -2.21. The zero-order valence-electron chi connectivity index (χ0n) is 14.4. The molecule has 1 aliphatic rings. The fourth-order valence-corrected chi connectivity index (χ4v) is 5.05. The molecule has 0 bridgehead atoms. The monoisotopic (exact) mass is 384 g/mol. The Labute approximate surface area is 161 Å². The minimum atomic E-state index is -0.146. The minimum absolute atomic E-state index is 0.105. The molecule has 0 N–H and O–H groups in total. The highest BCUT2D eigenvalue weighted by molar-refractivity contribution is 8.00. The van der Waals surface area contributed by atoms with Gasteiger partial charge in [0.15, 0.2) is 0 Å². The predicted molar refractivity (Wildman–Crippen MR) is 107 cm³/mol. The van der Waals surface area contributed by atoms with E-state index in [1.54, 1.807) is 17.7 Å². The largest absolute Gasteiger partial charge is 0.462 e. The normalized spacial score (nSPS) is 15.2. The number of carbonyl (C=O) groups is 1. The van der Waals surface area contributed by atoms with Gasteiger partial charge in [-0.1, -0.05) is 48.5 Å². The molecule has 1 aromatic carbocycles. The molecule has 0 unspecified atom stereocenters. The van der Waals surface area contributed by atoms with E-state index >= 15 is 0 Å². The predicted octanol–water partition coefficient (Wildman–Crippen LogP) is 5.33. The summed E-state index contributed by atoms with van der Waals surface area (Å²) in [5, 5.41) is 1.85. The molecular weight excluding hydrogens is 364 g/mol. The first-order chi connectivity index (χ1) is 12.8. The third-order valence-electron chi connectivity index (χ3n) is 4.53. The number of thioether (sulfide) groups is 1. The van der Waals surface area contributed by atoms with E-state index in [0.717, 1.165) is 45.8 Å². The number of hydrogen-bond acceptors (Lipinski definition) is 6. The van der Waals surface area contributed by atoms with Crippen molar-refractivity contribution in [2.75, 3.05) is 5.75 Å². The van der Waals surface area contributed by atoms with Gasteiger partial charge in [-0.15, -0.1) is 11.3 Å². The van der Waals surface area contributed by atoms with E-state index < -0.39 is 0 Å². The van der Waals surface area contributed by atoms with Gasteiger partial charge < -0.3 is 4.74 Å². The summed E-state index contributed by atoms with van der Waals surface area (Å²) in [5.74, 6) is 0.145. The molecule has 0 radical (unpaired) electrons. The van der Waals surface area contributed by atoms with Crippen LogP contribution < -0.4 is 0 Å². The summed E-state index contributed by atoms with van der Waals surface area (Å²) in [6, 6.07) is 12.4. The molecular formula is C20H20N2O2S2. The number of fused-ring (bicyclic) bond motifs is 1. The van der Waals surface area contributed by atoms with Gasteiger partial charge in [-0.05, 0) is 37.3 Å². The van der Waals surface area contributed by atoms with E-state index in [1.165, 1.54) is 23.7 Å². The molecule has 0 atom stereocenters. The molecule has 134 valence electrons. The van der Waals surface area contributed by atoms with E-state index in [-0.39, 0.29) is 12.1 Å². The highest BCUT2D eigenvalue weighted by atomic mass is 32.2. The molecule has 1 saturated carbocycles. The highest BCUT2D eigenvalue weighted by Crippen LogP contribution is 2.36. The Kier molecular flexibility index (Phi) is 5.51. The van der Waals surface area contributed by atoms with Crippen molar-refractivity contribution in [3.63, 3.8) is 0 Å². The second-order valence-corrected chi connectivity index (χ2v) is 8.41. The number of hydrogen-bond donors (Lipinski definition) is 0. The Morgan fingerprint density at radius 2 is 1.96 bits per heavy atom. The van der Waals surface area contributed by atoms with Crippen LogP contribution in [0.25, 0.3) is 20.7 Å². The van der Waals surface area contributed by atoms with Crippen molar-refractivity contribution in [3.05, 3.63) is 42.7 Å². The second-order valence-electron chi connectivity index (χ2n) is 6.41. The average molecular weight is 385 g/mol. The maximum atomic E-state index is 12.2. The smallest absolute Gasteiger partial charge is 0.316 e. The Bertz CT molecular complexity index is 889. The summed E-state index contributed by atoms with van der Waals surface area (Å²) in [5.41, 5.74) is 1.17. The lowest BCUT2D eigenvalue weighted by molar-refractivity contribution is -0.147. The van der Waals surface area contributed by atoms with Gasteiger partial charge in [0.25, 0.3) is 0 Å². The van der Waals surface area contributed by atoms with Gasteiger partial charge in [0, 0.05) is 10.3 Å². The number of ether oxygens (including phenoxy) is 1. The molecule has 0 aliphatic heterocycles. The van der Waals surface area contributed by atoms with Crippen molar-refractivity contribution in [1.29, 1.82) is 0 Å². The molecule has 4 rings (SSSR count). The van der Waals surface area contributed by atoms with Gasteiger partial charge in [0.1, 0.15) is 22.3 Å². The lowest BCUT2D eigenvalue weighted by Gasteiger charge is -2.21. The van der Waals surface area contributed by atoms with Gasteiger partial charge in [-0.2, -0.15) is 0 Å². The third-order valence-corrected chi connectivity index (χ3v) is 6.60. The third kappa shape index (κ3) is 4.07.